The number of hydrogen-bond acceptors (Lipinski definition) is 3. The van der Waals surface area contributed by atoms with Gasteiger partial charge in [-0.1, -0.05) is 6.07 Å². The number of nitriles is 1. The Morgan fingerprint density at radius 3 is 2.23 bits per heavy atom. The topological polar surface area (TPSA) is 49.8 Å². The van der Waals surface area contributed by atoms with Crippen LogP contribution in [-0.2, 0) is 0 Å². The van der Waals surface area contributed by atoms with Gasteiger partial charge in [0.2, 0.25) is 0 Å². The molecule has 2 heterocycles. The summed E-state index contributed by atoms with van der Waals surface area (Å²) < 4.78 is 79.9. The van der Waals surface area contributed by atoms with E-state index in [1.165, 1.54) is 22.5 Å². The Kier molecular flexibility index (Phi) is 3.73. The molecule has 0 fully saturated rings. The van der Waals surface area contributed by atoms with E-state index in [1.807, 2.05) is 0 Å². The van der Waals surface area contributed by atoms with Crippen molar-refractivity contribution in [1.82, 2.24) is 5.32 Å². The number of halogens is 6. The van der Waals surface area contributed by atoms with Crippen molar-refractivity contribution in [2.24, 2.45) is 0 Å². The van der Waals surface area contributed by atoms with E-state index in [0.29, 0.717) is 0 Å². The number of alkyl halides is 6. The number of allylic oxidation sites excluding steroid dienone is 1. The molecule has 0 aromatic carbocycles. The number of thiophene rings is 1. The predicted octanol–water partition coefficient (Wildman–Crippen LogP) is 1.84. The molecule has 3 nitrogen and oxygen atoms in total. The molecular formula is C12H8F6N3S+. The molecule has 0 bridgehead atoms. The molecule has 1 aromatic heterocycles. The van der Waals surface area contributed by atoms with Gasteiger partial charge in [0.1, 0.15) is 22.2 Å². The van der Waals surface area contributed by atoms with Crippen LogP contribution < -0.4 is 10.3 Å². The molecule has 118 valence electrons. The molecule has 10 heteroatoms. The molecule has 0 saturated carbocycles. The van der Waals surface area contributed by atoms with E-state index in [1.54, 1.807) is 0 Å². The van der Waals surface area contributed by atoms with Gasteiger partial charge in [0.05, 0.1) is 0 Å². The number of rotatable bonds is 1. The lowest BCUT2D eigenvalue weighted by molar-refractivity contribution is -0.633. The minimum atomic E-state index is -5.75. The highest BCUT2D eigenvalue weighted by molar-refractivity contribution is 7.12. The molecule has 22 heavy (non-hydrogen) atoms. The Morgan fingerprint density at radius 1 is 1.23 bits per heavy atom. The minimum Gasteiger partial charge on any atom is -0.246 e. The largest absolute Gasteiger partial charge is 0.446 e. The molecule has 0 atom stereocenters. The zero-order chi connectivity index (χ0) is 16.8. The smallest absolute Gasteiger partial charge is 0.246 e. The number of nitrogens with one attached hydrogen (secondary N) is 2. The Labute approximate surface area is 124 Å². The van der Waals surface area contributed by atoms with Crippen LogP contribution in [0.3, 0.4) is 0 Å². The second kappa shape index (κ2) is 5.01. The SMILES string of the molecule is CC1=C(C#N)C(C(F)(F)F)(C(F)(F)F)[NH+]=C(c2cccs2)N1. The maximum absolute atomic E-state index is 13.3. The molecule has 2 N–H and O–H groups in total. The highest BCUT2D eigenvalue weighted by Gasteiger charge is 2.78. The number of nitrogens with zero attached hydrogens (tertiary/aromatic N) is 1. The van der Waals surface area contributed by atoms with Gasteiger partial charge in [-0.15, -0.1) is 11.3 Å². The fourth-order valence-corrected chi connectivity index (χ4v) is 2.79. The lowest BCUT2D eigenvalue weighted by atomic mass is 9.86. The van der Waals surface area contributed by atoms with E-state index in [-0.39, 0.29) is 4.88 Å². The standard InChI is InChI=1S/C12H7F6N3S/c1-6-7(5-19)10(11(13,14)15,12(16,17)18)21-9(20-6)8-3-2-4-22-8/h2-4H,1H3,(H,20,21)/p+1. The normalized spacial score (nSPS) is 18.5. The van der Waals surface area contributed by atoms with Crippen LogP contribution in [-0.4, -0.2) is 23.7 Å². The molecule has 0 saturated heterocycles. The van der Waals surface area contributed by atoms with Crippen LogP contribution in [0.15, 0.2) is 28.8 Å². The van der Waals surface area contributed by atoms with Gasteiger partial charge in [0.25, 0.3) is 5.84 Å². The van der Waals surface area contributed by atoms with Crippen LogP contribution in [0, 0.1) is 11.3 Å². The van der Waals surface area contributed by atoms with Gasteiger partial charge in [-0.3, -0.25) is 0 Å². The summed E-state index contributed by atoms with van der Waals surface area (Å²) in [6, 6.07) is 3.88. The lowest BCUT2D eigenvalue weighted by Crippen LogP contribution is -2.99. The summed E-state index contributed by atoms with van der Waals surface area (Å²) in [4.78, 5) is 1.63. The molecule has 2 rings (SSSR count). The van der Waals surface area contributed by atoms with Crippen LogP contribution in [0.1, 0.15) is 11.8 Å². The summed E-state index contributed by atoms with van der Waals surface area (Å²) in [6.07, 6.45) is -11.5. The molecule has 0 amide bonds. The van der Waals surface area contributed by atoms with Gasteiger partial charge in [0, 0.05) is 0 Å². The first-order chi connectivity index (χ1) is 10.0. The molecule has 0 unspecified atom stereocenters. The van der Waals surface area contributed by atoms with Gasteiger partial charge in [0.15, 0.2) is 0 Å². The van der Waals surface area contributed by atoms with Crippen molar-refractivity contribution >= 4 is 17.2 Å². The summed E-state index contributed by atoms with van der Waals surface area (Å²) in [5.41, 5.74) is -6.39. The van der Waals surface area contributed by atoms with Crippen molar-refractivity contribution in [3.8, 4) is 6.07 Å². The van der Waals surface area contributed by atoms with Gasteiger partial charge in [-0.2, -0.15) is 31.6 Å². The van der Waals surface area contributed by atoms with Gasteiger partial charge >= 0.3 is 17.9 Å². The van der Waals surface area contributed by atoms with E-state index in [0.717, 1.165) is 24.3 Å². The Balaban J connectivity index is 2.80. The minimum absolute atomic E-state index is 0.161. The molecule has 0 aliphatic carbocycles. The molecule has 1 aliphatic rings. The van der Waals surface area contributed by atoms with E-state index in [4.69, 9.17) is 5.26 Å². The summed E-state index contributed by atoms with van der Waals surface area (Å²) in [5, 5.41) is 12.7. The third-order valence-electron chi connectivity index (χ3n) is 3.10. The maximum atomic E-state index is 13.3. The van der Waals surface area contributed by atoms with Crippen molar-refractivity contribution in [3.63, 3.8) is 0 Å². The number of hydrogen-bond donors (Lipinski definition) is 2. The van der Waals surface area contributed by atoms with Crippen LogP contribution in [0.25, 0.3) is 0 Å². The molecular weight excluding hydrogens is 332 g/mol. The van der Waals surface area contributed by atoms with Crippen molar-refractivity contribution < 1.29 is 31.3 Å². The van der Waals surface area contributed by atoms with E-state index in [9.17, 15) is 26.3 Å². The quantitative estimate of drug-likeness (QED) is 0.767. The molecule has 1 aliphatic heterocycles. The average Bonchev–Trinajstić information content (AvgIpc) is 2.88. The second-order valence-electron chi connectivity index (χ2n) is 4.46. The van der Waals surface area contributed by atoms with E-state index < -0.39 is 35.0 Å². The lowest BCUT2D eigenvalue weighted by Gasteiger charge is -2.34. The van der Waals surface area contributed by atoms with Crippen LogP contribution in [0.4, 0.5) is 26.3 Å². The van der Waals surface area contributed by atoms with Gasteiger partial charge in [-0.25, -0.2) is 10.3 Å². The Bertz CT molecular complexity index is 661. The third-order valence-corrected chi connectivity index (χ3v) is 3.99. The molecule has 0 radical (unpaired) electrons. The zero-order valence-electron chi connectivity index (χ0n) is 10.9. The van der Waals surface area contributed by atoms with Crippen molar-refractivity contribution in [3.05, 3.63) is 33.7 Å². The van der Waals surface area contributed by atoms with Crippen LogP contribution in [0.5, 0.6) is 0 Å². The van der Waals surface area contributed by atoms with Crippen molar-refractivity contribution in [2.75, 3.05) is 0 Å². The first-order valence-corrected chi connectivity index (χ1v) is 6.63. The van der Waals surface area contributed by atoms with Crippen LogP contribution >= 0.6 is 11.3 Å². The molecule has 1 aromatic rings. The summed E-state index contributed by atoms with van der Waals surface area (Å²) in [6.45, 7) is 0.999. The fourth-order valence-electron chi connectivity index (χ4n) is 2.11. The highest BCUT2D eigenvalue weighted by Crippen LogP contribution is 2.45. The zero-order valence-corrected chi connectivity index (χ0v) is 11.7. The average molecular weight is 340 g/mol. The maximum Gasteiger partial charge on any atom is 0.446 e. The van der Waals surface area contributed by atoms with Crippen LogP contribution in [0.2, 0.25) is 0 Å². The first kappa shape index (κ1) is 16.4. The highest BCUT2D eigenvalue weighted by atomic mass is 32.1. The van der Waals surface area contributed by atoms with E-state index in [2.05, 4.69) is 5.32 Å². The predicted molar refractivity (Wildman–Crippen MR) is 65.7 cm³/mol. The van der Waals surface area contributed by atoms with Crippen molar-refractivity contribution in [1.29, 1.82) is 5.26 Å². The summed E-state index contributed by atoms with van der Waals surface area (Å²) >= 11 is 0.960. The Hall–Kier alpha value is -2.02. The van der Waals surface area contributed by atoms with Crippen molar-refractivity contribution in [2.45, 2.75) is 24.8 Å². The third kappa shape index (κ3) is 2.25. The fraction of sp³-hybridized carbons (Fsp3) is 0.333. The molecule has 0 spiro atoms. The first-order valence-electron chi connectivity index (χ1n) is 5.75. The summed E-state index contributed by atoms with van der Waals surface area (Å²) in [5.74, 6) is -0.443. The number of amidine groups is 1. The van der Waals surface area contributed by atoms with Gasteiger partial charge in [-0.05, 0) is 18.4 Å². The summed E-state index contributed by atoms with van der Waals surface area (Å²) in [7, 11) is 0. The monoisotopic (exact) mass is 340 g/mol. The Morgan fingerprint density at radius 2 is 1.82 bits per heavy atom. The van der Waals surface area contributed by atoms with Gasteiger partial charge < -0.3 is 0 Å². The second-order valence-corrected chi connectivity index (χ2v) is 5.41. The van der Waals surface area contributed by atoms with E-state index >= 15 is 0 Å².